The number of halogens is 1. The van der Waals surface area contributed by atoms with Crippen molar-refractivity contribution in [1.82, 2.24) is 20.6 Å². The maximum Gasteiger partial charge on any atom is 0.321 e. The highest BCUT2D eigenvalue weighted by Gasteiger charge is 2.25. The SMILES string of the molecule is CC(Sc1nc2scc(-c3ccc(F)cc3)c2c(=O)[nH]1)C(=O)NC(=O)NC1CC1. The molecule has 29 heavy (non-hydrogen) atoms. The summed E-state index contributed by atoms with van der Waals surface area (Å²) >= 11 is 2.36. The molecule has 2 heterocycles. The summed E-state index contributed by atoms with van der Waals surface area (Å²) in [6.07, 6.45) is 1.86. The number of rotatable bonds is 5. The van der Waals surface area contributed by atoms with Crippen molar-refractivity contribution in [2.24, 2.45) is 0 Å². The van der Waals surface area contributed by atoms with E-state index in [0.717, 1.165) is 30.2 Å². The summed E-state index contributed by atoms with van der Waals surface area (Å²) in [5, 5.41) is 6.86. The van der Waals surface area contributed by atoms with Crippen LogP contribution >= 0.6 is 23.1 Å². The lowest BCUT2D eigenvalue weighted by Crippen LogP contribution is -2.43. The van der Waals surface area contributed by atoms with E-state index in [0.29, 0.717) is 20.9 Å². The molecule has 1 aliphatic carbocycles. The van der Waals surface area contributed by atoms with Crippen LogP contribution in [-0.2, 0) is 4.79 Å². The number of carbonyl (C=O) groups excluding carboxylic acids is 2. The number of fused-ring (bicyclic) bond motifs is 1. The zero-order valence-corrected chi connectivity index (χ0v) is 17.0. The number of thioether (sulfide) groups is 1. The number of amides is 3. The minimum absolute atomic E-state index is 0.153. The maximum absolute atomic E-state index is 13.2. The molecule has 2 aromatic heterocycles. The Balaban J connectivity index is 1.51. The van der Waals surface area contributed by atoms with Crippen molar-refractivity contribution in [2.75, 3.05) is 0 Å². The lowest BCUT2D eigenvalue weighted by molar-refractivity contribution is -0.119. The largest absolute Gasteiger partial charge is 0.335 e. The van der Waals surface area contributed by atoms with Gasteiger partial charge in [-0.05, 0) is 37.5 Å². The number of H-pyrrole nitrogens is 1. The molecule has 1 aromatic carbocycles. The van der Waals surface area contributed by atoms with Crippen molar-refractivity contribution in [3.05, 3.63) is 45.8 Å². The first-order valence-corrected chi connectivity index (χ1v) is 10.7. The predicted octanol–water partition coefficient (Wildman–Crippen LogP) is 3.26. The number of aromatic nitrogens is 2. The van der Waals surface area contributed by atoms with Crippen LogP contribution in [0.1, 0.15) is 19.8 Å². The van der Waals surface area contributed by atoms with E-state index in [-0.39, 0.29) is 17.4 Å². The fourth-order valence-corrected chi connectivity index (χ4v) is 4.51. The Morgan fingerprint density at radius 1 is 1.31 bits per heavy atom. The number of nitrogens with one attached hydrogen (secondary N) is 3. The molecule has 1 aliphatic rings. The van der Waals surface area contributed by atoms with Gasteiger partial charge in [0, 0.05) is 17.0 Å². The van der Waals surface area contributed by atoms with E-state index in [2.05, 4.69) is 20.6 Å². The zero-order valence-electron chi connectivity index (χ0n) is 15.3. The molecule has 0 aliphatic heterocycles. The van der Waals surface area contributed by atoms with Crippen molar-refractivity contribution in [3.63, 3.8) is 0 Å². The van der Waals surface area contributed by atoms with Crippen molar-refractivity contribution in [3.8, 4) is 11.1 Å². The maximum atomic E-state index is 13.2. The van der Waals surface area contributed by atoms with E-state index < -0.39 is 17.2 Å². The van der Waals surface area contributed by atoms with Gasteiger partial charge in [-0.25, -0.2) is 14.2 Å². The lowest BCUT2D eigenvalue weighted by Gasteiger charge is -2.11. The second kappa shape index (κ2) is 7.96. The number of thiophene rings is 1. The number of urea groups is 1. The Morgan fingerprint density at radius 2 is 2.03 bits per heavy atom. The average molecular weight is 433 g/mol. The topological polar surface area (TPSA) is 104 Å². The lowest BCUT2D eigenvalue weighted by atomic mass is 10.1. The van der Waals surface area contributed by atoms with Gasteiger partial charge in [-0.1, -0.05) is 23.9 Å². The van der Waals surface area contributed by atoms with Gasteiger partial charge in [-0.2, -0.15) is 0 Å². The Morgan fingerprint density at radius 3 is 2.72 bits per heavy atom. The minimum Gasteiger partial charge on any atom is -0.335 e. The van der Waals surface area contributed by atoms with Crippen molar-refractivity contribution < 1.29 is 14.0 Å². The molecule has 10 heteroatoms. The van der Waals surface area contributed by atoms with Crippen LogP contribution in [0.5, 0.6) is 0 Å². The quantitative estimate of drug-likeness (QED) is 0.424. The molecule has 3 aromatic rings. The van der Waals surface area contributed by atoms with Gasteiger partial charge >= 0.3 is 6.03 Å². The molecule has 0 bridgehead atoms. The molecular weight excluding hydrogens is 415 g/mol. The summed E-state index contributed by atoms with van der Waals surface area (Å²) < 4.78 is 13.2. The summed E-state index contributed by atoms with van der Waals surface area (Å²) in [4.78, 5) is 44.2. The standard InChI is InChI=1S/C19H17FN4O3S2/c1-9(15(25)22-18(27)21-12-6-7-12)29-19-23-16(26)14-13(8-28-17(14)24-19)10-2-4-11(20)5-3-10/h2-5,8-9,12H,6-7H2,1H3,(H,23,24,26)(H2,21,22,25,27). The second-order valence-corrected chi connectivity index (χ2v) is 8.89. The van der Waals surface area contributed by atoms with Crippen LogP contribution in [0, 0.1) is 5.82 Å². The van der Waals surface area contributed by atoms with Gasteiger partial charge in [0.05, 0.1) is 10.6 Å². The first-order chi connectivity index (χ1) is 13.9. The summed E-state index contributed by atoms with van der Waals surface area (Å²) in [5.41, 5.74) is 1.06. The fraction of sp³-hybridized carbons (Fsp3) is 0.263. The van der Waals surface area contributed by atoms with Crippen LogP contribution in [0.4, 0.5) is 9.18 Å². The fourth-order valence-electron chi connectivity index (χ4n) is 2.71. The van der Waals surface area contributed by atoms with Gasteiger partial charge in [0.25, 0.3) is 5.56 Å². The molecule has 4 rings (SSSR count). The number of hydrogen-bond donors (Lipinski definition) is 3. The highest BCUT2D eigenvalue weighted by Crippen LogP contribution is 2.32. The van der Waals surface area contributed by atoms with Crippen LogP contribution in [0.3, 0.4) is 0 Å². The number of carbonyl (C=O) groups is 2. The van der Waals surface area contributed by atoms with Crippen molar-refractivity contribution in [2.45, 2.75) is 36.2 Å². The molecule has 1 unspecified atom stereocenters. The van der Waals surface area contributed by atoms with Crippen LogP contribution in [0.2, 0.25) is 0 Å². The van der Waals surface area contributed by atoms with Crippen LogP contribution < -0.4 is 16.2 Å². The molecule has 0 radical (unpaired) electrons. The summed E-state index contributed by atoms with van der Waals surface area (Å²) in [6.45, 7) is 1.63. The molecule has 3 N–H and O–H groups in total. The summed E-state index contributed by atoms with van der Waals surface area (Å²) in [5.74, 6) is -0.814. The molecule has 0 saturated heterocycles. The first kappa shape index (κ1) is 19.6. The molecule has 1 fully saturated rings. The van der Waals surface area contributed by atoms with Crippen LogP contribution in [0.25, 0.3) is 21.3 Å². The Labute approximate surface area is 173 Å². The predicted molar refractivity (Wildman–Crippen MR) is 111 cm³/mol. The molecular formula is C19H17FN4O3S2. The van der Waals surface area contributed by atoms with Crippen molar-refractivity contribution >= 4 is 45.3 Å². The molecule has 1 atom stereocenters. The van der Waals surface area contributed by atoms with Gasteiger partial charge in [0.2, 0.25) is 5.91 Å². The second-order valence-electron chi connectivity index (χ2n) is 6.70. The Hall–Kier alpha value is -2.72. The molecule has 3 amide bonds. The van der Waals surface area contributed by atoms with E-state index in [1.165, 1.54) is 23.5 Å². The van der Waals surface area contributed by atoms with Crippen LogP contribution in [0.15, 0.2) is 39.6 Å². The number of hydrogen-bond acceptors (Lipinski definition) is 6. The highest BCUT2D eigenvalue weighted by atomic mass is 32.2. The van der Waals surface area contributed by atoms with Crippen molar-refractivity contribution in [1.29, 1.82) is 0 Å². The van der Waals surface area contributed by atoms with E-state index >= 15 is 0 Å². The van der Waals surface area contributed by atoms with Gasteiger partial charge in [0.15, 0.2) is 5.16 Å². The van der Waals surface area contributed by atoms with E-state index in [1.807, 2.05) is 0 Å². The summed E-state index contributed by atoms with van der Waals surface area (Å²) in [7, 11) is 0. The monoisotopic (exact) mass is 432 g/mol. The Kier molecular flexibility index (Phi) is 5.37. The first-order valence-electron chi connectivity index (χ1n) is 8.96. The van der Waals surface area contributed by atoms with Gasteiger partial charge in [-0.3, -0.25) is 14.9 Å². The van der Waals surface area contributed by atoms with Gasteiger partial charge in [-0.15, -0.1) is 11.3 Å². The summed E-state index contributed by atoms with van der Waals surface area (Å²) in [6, 6.07) is 5.54. The van der Waals surface area contributed by atoms with E-state index in [4.69, 9.17) is 0 Å². The molecule has 0 spiro atoms. The van der Waals surface area contributed by atoms with E-state index in [1.54, 1.807) is 24.4 Å². The zero-order chi connectivity index (χ0) is 20.5. The molecule has 150 valence electrons. The highest BCUT2D eigenvalue weighted by molar-refractivity contribution is 8.00. The average Bonchev–Trinajstić information content (AvgIpc) is 3.37. The smallest absolute Gasteiger partial charge is 0.321 e. The third-order valence-corrected chi connectivity index (χ3v) is 6.24. The third-order valence-electron chi connectivity index (χ3n) is 4.38. The number of aromatic amines is 1. The number of imide groups is 1. The van der Waals surface area contributed by atoms with Crippen LogP contribution in [-0.4, -0.2) is 33.2 Å². The molecule has 7 nitrogen and oxygen atoms in total. The number of nitrogens with zero attached hydrogens (tertiary/aromatic N) is 1. The Bertz CT molecular complexity index is 1140. The molecule has 1 saturated carbocycles. The van der Waals surface area contributed by atoms with Gasteiger partial charge < -0.3 is 10.3 Å². The third kappa shape index (κ3) is 4.48. The normalized spacial score (nSPS) is 14.6. The van der Waals surface area contributed by atoms with Gasteiger partial charge in [0.1, 0.15) is 10.6 Å². The number of benzene rings is 1. The minimum atomic E-state index is -0.628. The van der Waals surface area contributed by atoms with E-state index in [9.17, 15) is 18.8 Å².